The number of nitrogens with one attached hydrogen (secondary N) is 1. The molecule has 0 radical (unpaired) electrons. The highest BCUT2D eigenvalue weighted by atomic mass is 35.5. The standard InChI is InChI=1S/C13H18ClN/c1-2-15-13-7-6-11(9-13)10-4-3-5-12(14)8-10/h3-5,8,11,13,15H,2,6-7,9H2,1H3. The fourth-order valence-electron chi connectivity index (χ4n) is 2.52. The summed E-state index contributed by atoms with van der Waals surface area (Å²) in [5.74, 6) is 0.702. The van der Waals surface area contributed by atoms with Gasteiger partial charge in [0, 0.05) is 11.1 Å². The lowest BCUT2D eigenvalue weighted by atomic mass is 9.97. The molecule has 1 nitrogen and oxygen atoms in total. The van der Waals surface area contributed by atoms with Crippen molar-refractivity contribution in [2.24, 2.45) is 0 Å². The Morgan fingerprint density at radius 1 is 1.40 bits per heavy atom. The summed E-state index contributed by atoms with van der Waals surface area (Å²) in [5, 5.41) is 4.39. The molecule has 0 amide bonds. The Labute approximate surface area is 96.8 Å². The highest BCUT2D eigenvalue weighted by Gasteiger charge is 2.24. The molecule has 1 saturated carbocycles. The van der Waals surface area contributed by atoms with Gasteiger partial charge in [-0.2, -0.15) is 0 Å². The highest BCUT2D eigenvalue weighted by Crippen LogP contribution is 2.35. The lowest BCUT2D eigenvalue weighted by Crippen LogP contribution is -2.25. The first-order valence-corrected chi connectivity index (χ1v) is 6.16. The summed E-state index contributed by atoms with van der Waals surface area (Å²) >= 11 is 6.01. The monoisotopic (exact) mass is 223 g/mol. The number of benzene rings is 1. The molecule has 2 rings (SSSR count). The molecular formula is C13H18ClN. The van der Waals surface area contributed by atoms with Crippen LogP contribution in [0.15, 0.2) is 24.3 Å². The van der Waals surface area contributed by atoms with Crippen LogP contribution in [0.3, 0.4) is 0 Å². The van der Waals surface area contributed by atoms with Crippen LogP contribution in [0.25, 0.3) is 0 Å². The highest BCUT2D eigenvalue weighted by molar-refractivity contribution is 6.30. The third-order valence-corrected chi connectivity index (χ3v) is 3.48. The van der Waals surface area contributed by atoms with E-state index in [0.717, 1.165) is 11.6 Å². The molecule has 0 heterocycles. The predicted molar refractivity (Wildman–Crippen MR) is 65.5 cm³/mol. The molecule has 0 aliphatic heterocycles. The van der Waals surface area contributed by atoms with Crippen LogP contribution in [0, 0.1) is 0 Å². The minimum absolute atomic E-state index is 0.702. The largest absolute Gasteiger partial charge is 0.314 e. The zero-order chi connectivity index (χ0) is 10.7. The SMILES string of the molecule is CCNC1CCC(c2cccc(Cl)c2)C1. The second-order valence-electron chi connectivity index (χ2n) is 4.32. The summed E-state index contributed by atoms with van der Waals surface area (Å²) in [5.41, 5.74) is 1.41. The molecule has 15 heavy (non-hydrogen) atoms. The molecule has 2 atom stereocenters. The molecule has 1 aromatic carbocycles. The van der Waals surface area contributed by atoms with Crippen molar-refractivity contribution in [2.75, 3.05) is 6.54 Å². The first-order chi connectivity index (χ1) is 7.29. The number of halogens is 1. The van der Waals surface area contributed by atoms with Crippen molar-refractivity contribution in [2.45, 2.75) is 38.1 Å². The van der Waals surface area contributed by atoms with Gasteiger partial charge in [-0.3, -0.25) is 0 Å². The molecule has 1 aliphatic rings. The van der Waals surface area contributed by atoms with Crippen LogP contribution in [0.4, 0.5) is 0 Å². The number of rotatable bonds is 3. The Hall–Kier alpha value is -0.530. The van der Waals surface area contributed by atoms with Crippen molar-refractivity contribution in [3.8, 4) is 0 Å². The second-order valence-corrected chi connectivity index (χ2v) is 4.76. The second kappa shape index (κ2) is 5.00. The molecule has 1 fully saturated rings. The van der Waals surface area contributed by atoms with E-state index in [0.29, 0.717) is 12.0 Å². The first kappa shape index (κ1) is 11.0. The van der Waals surface area contributed by atoms with Crippen molar-refractivity contribution in [3.63, 3.8) is 0 Å². The van der Waals surface area contributed by atoms with Crippen LogP contribution in [0.2, 0.25) is 5.02 Å². The van der Waals surface area contributed by atoms with Crippen LogP contribution in [-0.4, -0.2) is 12.6 Å². The number of hydrogen-bond acceptors (Lipinski definition) is 1. The van der Waals surface area contributed by atoms with Gasteiger partial charge >= 0.3 is 0 Å². The molecule has 0 aromatic heterocycles. The van der Waals surface area contributed by atoms with E-state index in [1.54, 1.807) is 0 Å². The maximum absolute atomic E-state index is 6.01. The average Bonchev–Trinajstić information content (AvgIpc) is 2.67. The molecule has 0 saturated heterocycles. The van der Waals surface area contributed by atoms with E-state index in [1.807, 2.05) is 6.07 Å². The number of hydrogen-bond donors (Lipinski definition) is 1. The van der Waals surface area contributed by atoms with Crippen LogP contribution >= 0.6 is 11.6 Å². The van der Waals surface area contributed by atoms with E-state index in [9.17, 15) is 0 Å². The quantitative estimate of drug-likeness (QED) is 0.826. The molecule has 0 bridgehead atoms. The van der Waals surface area contributed by atoms with E-state index >= 15 is 0 Å². The van der Waals surface area contributed by atoms with E-state index in [-0.39, 0.29) is 0 Å². The Morgan fingerprint density at radius 3 is 3.00 bits per heavy atom. The third kappa shape index (κ3) is 2.73. The van der Waals surface area contributed by atoms with Gasteiger partial charge in [0.1, 0.15) is 0 Å². The van der Waals surface area contributed by atoms with Crippen LogP contribution in [0.1, 0.15) is 37.7 Å². The van der Waals surface area contributed by atoms with Gasteiger partial charge in [-0.25, -0.2) is 0 Å². The Bertz CT molecular complexity index is 324. The molecule has 1 aliphatic carbocycles. The Kier molecular flexibility index (Phi) is 3.66. The predicted octanol–water partition coefficient (Wildman–Crippen LogP) is 3.59. The Morgan fingerprint density at radius 2 is 2.27 bits per heavy atom. The molecule has 1 N–H and O–H groups in total. The molecule has 2 unspecified atom stereocenters. The van der Waals surface area contributed by atoms with Crippen LogP contribution in [0.5, 0.6) is 0 Å². The summed E-state index contributed by atoms with van der Waals surface area (Å²) in [4.78, 5) is 0. The molecule has 2 heteroatoms. The minimum atomic E-state index is 0.702. The van der Waals surface area contributed by atoms with Crippen LogP contribution in [-0.2, 0) is 0 Å². The zero-order valence-corrected chi connectivity index (χ0v) is 9.93. The fraction of sp³-hybridized carbons (Fsp3) is 0.538. The normalized spacial score (nSPS) is 25.7. The minimum Gasteiger partial charge on any atom is -0.314 e. The van der Waals surface area contributed by atoms with Crippen molar-refractivity contribution >= 4 is 11.6 Å². The van der Waals surface area contributed by atoms with Gasteiger partial charge in [-0.15, -0.1) is 0 Å². The van der Waals surface area contributed by atoms with Crippen molar-refractivity contribution < 1.29 is 0 Å². The summed E-state index contributed by atoms with van der Waals surface area (Å²) in [6, 6.07) is 9.02. The summed E-state index contributed by atoms with van der Waals surface area (Å²) < 4.78 is 0. The topological polar surface area (TPSA) is 12.0 Å². The summed E-state index contributed by atoms with van der Waals surface area (Å²) in [7, 11) is 0. The van der Waals surface area contributed by atoms with E-state index in [1.165, 1.54) is 24.8 Å². The van der Waals surface area contributed by atoms with Gasteiger partial charge in [0.2, 0.25) is 0 Å². The molecule has 82 valence electrons. The van der Waals surface area contributed by atoms with Crippen LogP contribution < -0.4 is 5.32 Å². The maximum Gasteiger partial charge on any atom is 0.0408 e. The van der Waals surface area contributed by atoms with Gasteiger partial charge in [0.15, 0.2) is 0 Å². The lowest BCUT2D eigenvalue weighted by molar-refractivity contribution is 0.535. The average molecular weight is 224 g/mol. The van der Waals surface area contributed by atoms with Gasteiger partial charge in [0.25, 0.3) is 0 Å². The molecular weight excluding hydrogens is 206 g/mol. The fourth-order valence-corrected chi connectivity index (χ4v) is 2.72. The van der Waals surface area contributed by atoms with E-state index in [2.05, 4.69) is 30.4 Å². The van der Waals surface area contributed by atoms with Gasteiger partial charge in [-0.1, -0.05) is 30.7 Å². The maximum atomic E-state index is 6.01. The summed E-state index contributed by atoms with van der Waals surface area (Å²) in [6.07, 6.45) is 3.84. The van der Waals surface area contributed by atoms with Gasteiger partial charge in [0.05, 0.1) is 0 Å². The smallest absolute Gasteiger partial charge is 0.0408 e. The van der Waals surface area contributed by atoms with E-state index in [4.69, 9.17) is 11.6 Å². The van der Waals surface area contributed by atoms with Gasteiger partial charge < -0.3 is 5.32 Å². The summed E-state index contributed by atoms with van der Waals surface area (Å²) in [6.45, 7) is 3.25. The first-order valence-electron chi connectivity index (χ1n) is 5.78. The van der Waals surface area contributed by atoms with Crippen molar-refractivity contribution in [3.05, 3.63) is 34.9 Å². The van der Waals surface area contributed by atoms with Crippen molar-refractivity contribution in [1.82, 2.24) is 5.32 Å². The lowest BCUT2D eigenvalue weighted by Gasteiger charge is -2.12. The third-order valence-electron chi connectivity index (χ3n) is 3.25. The zero-order valence-electron chi connectivity index (χ0n) is 9.17. The van der Waals surface area contributed by atoms with Crippen molar-refractivity contribution in [1.29, 1.82) is 0 Å². The molecule has 1 aromatic rings. The Balaban J connectivity index is 2.01. The van der Waals surface area contributed by atoms with Gasteiger partial charge in [-0.05, 0) is 49.4 Å². The van der Waals surface area contributed by atoms with E-state index < -0.39 is 0 Å². The molecule has 0 spiro atoms.